The number of hydrogen-bond acceptors (Lipinski definition) is 4. The van der Waals surface area contributed by atoms with Crippen LogP contribution in [-0.2, 0) is 0 Å². The lowest BCUT2D eigenvalue weighted by Gasteiger charge is -2.07. The van der Waals surface area contributed by atoms with Crippen LogP contribution >= 0.6 is 11.3 Å². The zero-order chi connectivity index (χ0) is 14.1. The third-order valence-electron chi connectivity index (χ3n) is 3.14. The van der Waals surface area contributed by atoms with E-state index in [0.29, 0.717) is 12.1 Å². The van der Waals surface area contributed by atoms with Crippen LogP contribution in [0, 0.1) is 6.92 Å². The second kappa shape index (κ2) is 5.05. The largest absolute Gasteiger partial charge is 0.352 e. The standard InChI is InChI=1S/C14H14N4OS/c1-3-15-14(19)10-7-16-13-11(12-5-4-6-20-12)8-17-18(13)9(10)2/h4-8H,3H2,1-2H3,(H,15,19). The van der Waals surface area contributed by atoms with Crippen LogP contribution in [0.15, 0.2) is 29.9 Å². The Labute approximate surface area is 120 Å². The molecule has 0 saturated carbocycles. The highest BCUT2D eigenvalue weighted by atomic mass is 32.1. The van der Waals surface area contributed by atoms with Gasteiger partial charge in [-0.25, -0.2) is 9.50 Å². The smallest absolute Gasteiger partial charge is 0.254 e. The van der Waals surface area contributed by atoms with Crippen molar-refractivity contribution in [1.82, 2.24) is 19.9 Å². The molecule has 3 aromatic heterocycles. The summed E-state index contributed by atoms with van der Waals surface area (Å²) < 4.78 is 1.72. The highest BCUT2D eigenvalue weighted by Crippen LogP contribution is 2.28. The Morgan fingerprint density at radius 1 is 1.45 bits per heavy atom. The van der Waals surface area contributed by atoms with Crippen LogP contribution < -0.4 is 5.32 Å². The predicted octanol–water partition coefficient (Wildman–Crippen LogP) is 2.52. The first-order valence-electron chi connectivity index (χ1n) is 6.37. The van der Waals surface area contributed by atoms with Crippen molar-refractivity contribution < 1.29 is 4.79 Å². The van der Waals surface area contributed by atoms with Gasteiger partial charge in [0.1, 0.15) is 0 Å². The van der Waals surface area contributed by atoms with Gasteiger partial charge in [0, 0.05) is 17.6 Å². The molecule has 3 aromatic rings. The van der Waals surface area contributed by atoms with Crippen molar-refractivity contribution in [3.63, 3.8) is 0 Å². The van der Waals surface area contributed by atoms with E-state index in [1.165, 1.54) is 0 Å². The minimum Gasteiger partial charge on any atom is -0.352 e. The topological polar surface area (TPSA) is 59.3 Å². The van der Waals surface area contributed by atoms with Gasteiger partial charge in [-0.3, -0.25) is 4.79 Å². The number of aromatic nitrogens is 3. The molecule has 0 bridgehead atoms. The average Bonchev–Trinajstić information content (AvgIpc) is 3.07. The maximum atomic E-state index is 12.0. The molecule has 0 aliphatic carbocycles. The fourth-order valence-electron chi connectivity index (χ4n) is 2.13. The van der Waals surface area contributed by atoms with Crippen LogP contribution in [0.25, 0.3) is 16.1 Å². The summed E-state index contributed by atoms with van der Waals surface area (Å²) in [5, 5.41) is 9.16. The first-order chi connectivity index (χ1) is 9.72. The molecule has 102 valence electrons. The molecule has 3 heterocycles. The third-order valence-corrected chi connectivity index (χ3v) is 4.04. The Bertz CT molecular complexity index is 761. The predicted molar refractivity (Wildman–Crippen MR) is 79.0 cm³/mol. The van der Waals surface area contributed by atoms with Crippen molar-refractivity contribution in [3.05, 3.63) is 41.2 Å². The van der Waals surface area contributed by atoms with E-state index in [-0.39, 0.29) is 5.91 Å². The lowest BCUT2D eigenvalue weighted by atomic mass is 10.2. The molecule has 0 radical (unpaired) electrons. The number of nitrogens with zero attached hydrogens (tertiary/aromatic N) is 3. The summed E-state index contributed by atoms with van der Waals surface area (Å²) in [6.45, 7) is 4.36. The van der Waals surface area contributed by atoms with Crippen LogP contribution in [0.1, 0.15) is 23.0 Å². The maximum Gasteiger partial charge on any atom is 0.254 e. The van der Waals surface area contributed by atoms with Crippen LogP contribution in [0.3, 0.4) is 0 Å². The molecule has 1 N–H and O–H groups in total. The van der Waals surface area contributed by atoms with Gasteiger partial charge in [0.2, 0.25) is 0 Å². The van der Waals surface area contributed by atoms with Gasteiger partial charge in [-0.1, -0.05) is 6.07 Å². The van der Waals surface area contributed by atoms with Crippen LogP contribution in [0.2, 0.25) is 0 Å². The normalized spacial score (nSPS) is 10.9. The van der Waals surface area contributed by atoms with E-state index in [4.69, 9.17) is 0 Å². The molecule has 0 unspecified atom stereocenters. The highest BCUT2D eigenvalue weighted by molar-refractivity contribution is 7.13. The third kappa shape index (κ3) is 1.98. The Kier molecular flexibility index (Phi) is 3.23. The molecule has 5 nitrogen and oxygen atoms in total. The first-order valence-corrected chi connectivity index (χ1v) is 7.25. The van der Waals surface area contributed by atoms with Crippen LogP contribution in [-0.4, -0.2) is 27.0 Å². The number of carbonyl (C=O) groups is 1. The lowest BCUT2D eigenvalue weighted by Crippen LogP contribution is -2.24. The molecule has 0 spiro atoms. The molecule has 3 rings (SSSR count). The molecular formula is C14H14N4OS. The van der Waals surface area contributed by atoms with Gasteiger partial charge in [-0.2, -0.15) is 5.10 Å². The van der Waals surface area contributed by atoms with Gasteiger partial charge in [0.15, 0.2) is 5.65 Å². The van der Waals surface area contributed by atoms with Crippen LogP contribution in [0.5, 0.6) is 0 Å². The SMILES string of the molecule is CCNC(=O)c1cnc2c(-c3cccs3)cnn2c1C. The fourth-order valence-corrected chi connectivity index (χ4v) is 2.86. The van der Waals surface area contributed by atoms with Crippen LogP contribution in [0.4, 0.5) is 0 Å². The molecule has 20 heavy (non-hydrogen) atoms. The minimum atomic E-state index is -0.118. The van der Waals surface area contributed by atoms with E-state index in [1.807, 2.05) is 31.4 Å². The van der Waals surface area contributed by atoms with Crippen molar-refractivity contribution in [1.29, 1.82) is 0 Å². The van der Waals surface area contributed by atoms with E-state index in [0.717, 1.165) is 21.8 Å². The van der Waals surface area contributed by atoms with Gasteiger partial charge in [0.05, 0.1) is 23.0 Å². The van der Waals surface area contributed by atoms with Gasteiger partial charge >= 0.3 is 0 Å². The van der Waals surface area contributed by atoms with E-state index < -0.39 is 0 Å². The highest BCUT2D eigenvalue weighted by Gasteiger charge is 2.15. The summed E-state index contributed by atoms with van der Waals surface area (Å²) in [6, 6.07) is 4.04. The van der Waals surface area contributed by atoms with Crippen molar-refractivity contribution in [2.75, 3.05) is 6.54 Å². The van der Waals surface area contributed by atoms with E-state index in [1.54, 1.807) is 28.2 Å². The first kappa shape index (κ1) is 12.8. The number of carbonyl (C=O) groups excluding carboxylic acids is 1. The Morgan fingerprint density at radius 3 is 3.00 bits per heavy atom. The Hall–Kier alpha value is -2.21. The molecule has 0 aliphatic rings. The Balaban J connectivity index is 2.14. The van der Waals surface area contributed by atoms with E-state index in [2.05, 4.69) is 15.4 Å². The number of rotatable bonds is 3. The van der Waals surface area contributed by atoms with Crippen molar-refractivity contribution in [2.24, 2.45) is 0 Å². The number of amides is 1. The van der Waals surface area contributed by atoms with Gasteiger partial charge in [0.25, 0.3) is 5.91 Å². The summed E-state index contributed by atoms with van der Waals surface area (Å²) in [7, 11) is 0. The quantitative estimate of drug-likeness (QED) is 0.805. The van der Waals surface area contributed by atoms with Gasteiger partial charge in [-0.05, 0) is 25.3 Å². The molecule has 0 fully saturated rings. The number of thiophene rings is 1. The summed E-state index contributed by atoms with van der Waals surface area (Å²) in [4.78, 5) is 17.5. The molecular weight excluding hydrogens is 272 g/mol. The number of fused-ring (bicyclic) bond motifs is 1. The zero-order valence-electron chi connectivity index (χ0n) is 11.3. The second-order valence-corrected chi connectivity index (χ2v) is 5.34. The summed E-state index contributed by atoms with van der Waals surface area (Å²) in [5.41, 5.74) is 3.12. The minimum absolute atomic E-state index is 0.118. The van der Waals surface area contributed by atoms with Crippen molar-refractivity contribution in [3.8, 4) is 10.4 Å². The monoisotopic (exact) mass is 286 g/mol. The number of aryl methyl sites for hydroxylation is 1. The summed E-state index contributed by atoms with van der Waals surface area (Å²) in [6.07, 6.45) is 3.41. The fraction of sp³-hybridized carbons (Fsp3) is 0.214. The molecule has 6 heteroatoms. The summed E-state index contributed by atoms with van der Waals surface area (Å²) >= 11 is 1.65. The number of nitrogens with one attached hydrogen (secondary N) is 1. The molecule has 1 amide bonds. The summed E-state index contributed by atoms with van der Waals surface area (Å²) in [5.74, 6) is -0.118. The van der Waals surface area contributed by atoms with Crippen molar-refractivity contribution >= 4 is 22.9 Å². The Morgan fingerprint density at radius 2 is 2.30 bits per heavy atom. The maximum absolute atomic E-state index is 12.0. The van der Waals surface area contributed by atoms with Crippen molar-refractivity contribution in [2.45, 2.75) is 13.8 Å². The van der Waals surface area contributed by atoms with Gasteiger partial charge < -0.3 is 5.32 Å². The van der Waals surface area contributed by atoms with Gasteiger partial charge in [-0.15, -0.1) is 11.3 Å². The molecule has 0 saturated heterocycles. The van der Waals surface area contributed by atoms with E-state index >= 15 is 0 Å². The molecule has 0 atom stereocenters. The van der Waals surface area contributed by atoms with E-state index in [9.17, 15) is 4.79 Å². The lowest BCUT2D eigenvalue weighted by molar-refractivity contribution is 0.0954. The second-order valence-electron chi connectivity index (χ2n) is 4.39. The molecule has 0 aromatic carbocycles. The zero-order valence-corrected chi connectivity index (χ0v) is 12.1. The number of hydrogen-bond donors (Lipinski definition) is 1. The molecule has 0 aliphatic heterocycles. The average molecular weight is 286 g/mol.